The van der Waals surface area contributed by atoms with E-state index in [-0.39, 0.29) is 36.2 Å². The number of halogens is 1. The van der Waals surface area contributed by atoms with Crippen LogP contribution in [0.5, 0.6) is 11.5 Å². The molecule has 4 atom stereocenters. The lowest BCUT2D eigenvalue weighted by atomic mass is 9.95. The molecular formula is C34H39FN4O4Si. The quantitative estimate of drug-likeness (QED) is 0.155. The monoisotopic (exact) mass is 614 g/mol. The minimum Gasteiger partial charge on any atom is -0.454 e. The minimum absolute atomic E-state index is 0.0316. The van der Waals surface area contributed by atoms with Crippen LogP contribution in [-0.2, 0) is 24.1 Å². The number of amides is 1. The first-order valence-electron chi connectivity index (χ1n) is 15.4. The summed E-state index contributed by atoms with van der Waals surface area (Å²) in [6.07, 6.45) is 4.33. The van der Waals surface area contributed by atoms with Crippen molar-refractivity contribution in [1.82, 2.24) is 15.0 Å². The van der Waals surface area contributed by atoms with Gasteiger partial charge in [0.25, 0.3) is 5.91 Å². The van der Waals surface area contributed by atoms with Gasteiger partial charge in [0, 0.05) is 37.0 Å². The van der Waals surface area contributed by atoms with Crippen molar-refractivity contribution >= 4 is 25.7 Å². The van der Waals surface area contributed by atoms with Crippen molar-refractivity contribution in [1.29, 1.82) is 0 Å². The van der Waals surface area contributed by atoms with Crippen molar-refractivity contribution < 1.29 is 23.5 Å². The van der Waals surface area contributed by atoms with E-state index in [0.717, 1.165) is 29.8 Å². The predicted octanol–water partition coefficient (Wildman–Crippen LogP) is 6.87. The molecule has 1 N–H and O–H groups in total. The number of hydrogen-bond acceptors (Lipinski definition) is 6. The number of aliphatic hydroxyl groups is 1. The zero-order chi connectivity index (χ0) is 30.8. The van der Waals surface area contributed by atoms with Crippen LogP contribution in [0.25, 0.3) is 0 Å². The number of aliphatic hydroxyl groups excluding tert-OH is 1. The highest BCUT2D eigenvalue weighted by Crippen LogP contribution is 2.47. The topological polar surface area (TPSA) is 89.7 Å². The van der Waals surface area contributed by atoms with Crippen LogP contribution in [0.4, 0.5) is 15.5 Å². The summed E-state index contributed by atoms with van der Waals surface area (Å²) in [5.41, 5.74) is 3.74. The Morgan fingerprint density at radius 2 is 1.66 bits per heavy atom. The van der Waals surface area contributed by atoms with E-state index in [1.54, 1.807) is 28.7 Å². The van der Waals surface area contributed by atoms with Crippen molar-refractivity contribution in [2.45, 2.75) is 70.0 Å². The van der Waals surface area contributed by atoms with E-state index >= 15 is 4.11 Å². The third kappa shape index (κ3) is 6.20. The Kier molecular flexibility index (Phi) is 8.66. The Balaban J connectivity index is 1.14. The Morgan fingerprint density at radius 1 is 0.932 bits per heavy atom. The zero-order valence-corrected chi connectivity index (χ0v) is 26.4. The summed E-state index contributed by atoms with van der Waals surface area (Å²) in [5.74, 6) is 1.13. The van der Waals surface area contributed by atoms with Gasteiger partial charge >= 0.3 is 0 Å². The van der Waals surface area contributed by atoms with Gasteiger partial charge in [-0.2, -0.15) is 0 Å². The number of fused-ring (bicyclic) bond motifs is 2. The number of hydrogen-bond donors (Lipinski definition) is 1. The van der Waals surface area contributed by atoms with Gasteiger partial charge < -0.3 is 18.7 Å². The van der Waals surface area contributed by atoms with Crippen LogP contribution >= 0.6 is 0 Å². The van der Waals surface area contributed by atoms with Crippen LogP contribution in [0.15, 0.2) is 79.0 Å². The smallest absolute Gasteiger partial charge is 0.266 e. The number of carbonyl (C=O) groups is 1. The highest BCUT2D eigenvalue weighted by Gasteiger charge is 2.50. The standard InChI is InChI=1S/C34H39FN4O4Si/c1-23-29(42-32(33(23)44(2,3)35)18-20-38-22-25(19-21-40)36-37-38)17-14-24-12-15-26(16-13-24)39-28-9-5-7-11-31(28)43-30-10-6-4-8-27(30)34(39)41/h4-13,15-16,22-23,29,32-33,40H,14,17-21H2,1-3H3/t23-,29+,32-,33+/m0/s1. The average molecular weight is 615 g/mol. The first-order valence-corrected chi connectivity index (χ1v) is 18.3. The number of aryl methyl sites for hydroxylation is 2. The van der Waals surface area contributed by atoms with E-state index in [0.29, 0.717) is 42.1 Å². The number of benzene rings is 3. The molecule has 8 nitrogen and oxygen atoms in total. The third-order valence-corrected chi connectivity index (χ3v) is 11.3. The fourth-order valence-electron chi connectivity index (χ4n) is 6.77. The summed E-state index contributed by atoms with van der Waals surface area (Å²) in [6, 6.07) is 22.9. The van der Waals surface area contributed by atoms with Crippen LogP contribution in [0, 0.1) is 5.92 Å². The number of aromatic nitrogens is 3. The maximum Gasteiger partial charge on any atom is 0.266 e. The van der Waals surface area contributed by atoms with Crippen molar-refractivity contribution in [3.05, 3.63) is 95.8 Å². The molecule has 0 unspecified atom stereocenters. The summed E-state index contributed by atoms with van der Waals surface area (Å²) in [7, 11) is -2.99. The van der Waals surface area contributed by atoms with E-state index in [1.165, 1.54) is 0 Å². The number of nitrogens with zero attached hydrogens (tertiary/aromatic N) is 4. The van der Waals surface area contributed by atoms with Crippen molar-refractivity contribution in [3.63, 3.8) is 0 Å². The second kappa shape index (κ2) is 12.6. The van der Waals surface area contributed by atoms with Crippen LogP contribution in [0.3, 0.4) is 0 Å². The van der Waals surface area contributed by atoms with E-state index in [1.807, 2.05) is 60.8 Å². The summed E-state index contributed by atoms with van der Waals surface area (Å²) in [6.45, 7) is 6.32. The lowest BCUT2D eigenvalue weighted by Gasteiger charge is -2.28. The molecule has 1 aromatic heterocycles. The molecule has 0 saturated carbocycles. The van der Waals surface area contributed by atoms with E-state index in [9.17, 15) is 4.79 Å². The molecular weight excluding hydrogens is 575 g/mol. The first-order chi connectivity index (χ1) is 21.2. The van der Waals surface area contributed by atoms with E-state index < -0.39 is 8.41 Å². The third-order valence-electron chi connectivity index (χ3n) is 8.85. The van der Waals surface area contributed by atoms with E-state index in [2.05, 4.69) is 29.4 Å². The van der Waals surface area contributed by atoms with Crippen molar-refractivity contribution in [2.24, 2.45) is 5.92 Å². The van der Waals surface area contributed by atoms with Gasteiger partial charge in [-0.15, -0.1) is 5.10 Å². The average Bonchev–Trinajstić information content (AvgIpc) is 3.56. The lowest BCUT2D eigenvalue weighted by molar-refractivity contribution is 0.0247. The second-order valence-corrected chi connectivity index (χ2v) is 16.1. The molecule has 0 bridgehead atoms. The molecule has 3 heterocycles. The van der Waals surface area contributed by atoms with Crippen LogP contribution in [-0.4, -0.2) is 53.2 Å². The number of ether oxygens (including phenoxy) is 2. The molecule has 0 aliphatic carbocycles. The first kappa shape index (κ1) is 30.2. The number of rotatable bonds is 10. The van der Waals surface area contributed by atoms with Gasteiger partial charge in [0.15, 0.2) is 5.75 Å². The molecule has 0 spiro atoms. The molecule has 230 valence electrons. The van der Waals surface area contributed by atoms with Crippen LogP contribution in [0.1, 0.15) is 41.4 Å². The van der Waals surface area contributed by atoms with Gasteiger partial charge in [-0.25, -0.2) is 0 Å². The molecule has 2 aliphatic rings. The summed E-state index contributed by atoms with van der Waals surface area (Å²) in [5, 5.41) is 17.4. The Morgan fingerprint density at radius 3 is 2.41 bits per heavy atom. The number of anilines is 2. The lowest BCUT2D eigenvalue weighted by Crippen LogP contribution is -2.36. The minimum atomic E-state index is -2.99. The zero-order valence-electron chi connectivity index (χ0n) is 25.4. The van der Waals surface area contributed by atoms with Crippen molar-refractivity contribution in [3.8, 4) is 11.5 Å². The molecule has 6 rings (SSSR count). The summed E-state index contributed by atoms with van der Waals surface area (Å²) in [4.78, 5) is 15.4. The SMILES string of the molecule is C[C@@H]1[C@@H]([Si](C)(C)F)[C@H](CCn2cc(CCO)nn2)O[C@@H]1CCc1ccc(N2C(=O)c3ccccc3Oc3ccccc32)cc1. The Labute approximate surface area is 258 Å². The number of carbonyl (C=O) groups excluding carboxylic acids is 1. The van der Waals surface area contributed by atoms with Gasteiger partial charge in [0.05, 0.1) is 29.2 Å². The summed E-state index contributed by atoms with van der Waals surface area (Å²) >= 11 is 0. The highest BCUT2D eigenvalue weighted by molar-refractivity contribution is 6.72. The van der Waals surface area contributed by atoms with Crippen LogP contribution < -0.4 is 9.64 Å². The predicted molar refractivity (Wildman–Crippen MR) is 170 cm³/mol. The normalized spacial score (nSPS) is 21.5. The van der Waals surface area contributed by atoms with Gasteiger partial charge in [0.1, 0.15) is 5.75 Å². The molecule has 44 heavy (non-hydrogen) atoms. The fourth-order valence-corrected chi connectivity index (χ4v) is 9.37. The fraction of sp³-hybridized carbons (Fsp3) is 0.382. The van der Waals surface area contributed by atoms with Crippen molar-refractivity contribution in [2.75, 3.05) is 11.5 Å². The molecule has 2 aliphatic heterocycles. The Hall–Kier alpha value is -3.86. The number of para-hydroxylation sites is 3. The molecule has 1 amide bonds. The van der Waals surface area contributed by atoms with Crippen LogP contribution in [0.2, 0.25) is 18.6 Å². The summed E-state index contributed by atoms with van der Waals surface area (Å²) < 4.78 is 30.0. The maximum atomic E-state index is 15.6. The van der Waals surface area contributed by atoms with Gasteiger partial charge in [-0.3, -0.25) is 14.4 Å². The van der Waals surface area contributed by atoms with Gasteiger partial charge in [-0.1, -0.05) is 48.5 Å². The Bertz CT molecular complexity index is 1610. The molecule has 1 fully saturated rings. The molecule has 3 aromatic carbocycles. The molecule has 10 heteroatoms. The largest absolute Gasteiger partial charge is 0.454 e. The van der Waals surface area contributed by atoms with E-state index in [4.69, 9.17) is 14.6 Å². The molecule has 1 saturated heterocycles. The second-order valence-electron chi connectivity index (χ2n) is 12.3. The molecule has 4 aromatic rings. The maximum absolute atomic E-state index is 15.6. The van der Waals surface area contributed by atoms with Gasteiger partial charge in [-0.05, 0) is 80.2 Å². The van der Waals surface area contributed by atoms with Gasteiger partial charge in [0.2, 0.25) is 8.41 Å². The highest BCUT2D eigenvalue weighted by atomic mass is 28.4. The molecule has 0 radical (unpaired) electrons.